The molecular weight excluding hydrogens is 281 g/mol. The van der Waals surface area contributed by atoms with E-state index >= 15 is 0 Å². The van der Waals surface area contributed by atoms with Gasteiger partial charge in [0, 0.05) is 31.2 Å². The quantitative estimate of drug-likeness (QED) is 0.819. The number of hydrogen-bond donors (Lipinski definition) is 2. The van der Waals surface area contributed by atoms with E-state index in [9.17, 15) is 13.2 Å². The minimum Gasteiger partial charge on any atom is -0.385 e. The molecule has 0 spiro atoms. The number of halogens is 3. The first-order valence-electron chi connectivity index (χ1n) is 7.31. The second-order valence-electron chi connectivity index (χ2n) is 5.70. The Morgan fingerprint density at radius 2 is 2.00 bits per heavy atom. The highest BCUT2D eigenvalue weighted by Gasteiger charge is 2.41. The molecule has 21 heavy (non-hydrogen) atoms. The van der Waals surface area contributed by atoms with Crippen molar-refractivity contribution in [2.75, 3.05) is 18.4 Å². The van der Waals surface area contributed by atoms with Gasteiger partial charge in [-0.15, -0.1) is 0 Å². The molecule has 116 valence electrons. The number of morpholine rings is 1. The van der Waals surface area contributed by atoms with Crippen LogP contribution in [0.25, 0.3) is 0 Å². The lowest BCUT2D eigenvalue weighted by Gasteiger charge is -2.23. The minimum atomic E-state index is -4.07. The van der Waals surface area contributed by atoms with E-state index in [0.29, 0.717) is 18.7 Å². The minimum absolute atomic E-state index is 0.0880. The summed E-state index contributed by atoms with van der Waals surface area (Å²) in [6.45, 7) is 1.26. The van der Waals surface area contributed by atoms with Gasteiger partial charge in [-0.3, -0.25) is 0 Å². The van der Waals surface area contributed by atoms with Crippen LogP contribution in [-0.4, -0.2) is 31.4 Å². The smallest absolute Gasteiger partial charge is 0.385 e. The fourth-order valence-corrected chi connectivity index (χ4v) is 2.99. The first kappa shape index (κ1) is 14.7. The number of rotatable bonds is 5. The van der Waals surface area contributed by atoms with Crippen LogP contribution in [0.4, 0.5) is 18.9 Å². The van der Waals surface area contributed by atoms with Crippen molar-refractivity contribution in [3.63, 3.8) is 0 Å². The van der Waals surface area contributed by atoms with E-state index in [0.717, 1.165) is 24.2 Å². The van der Waals surface area contributed by atoms with Crippen molar-refractivity contribution in [1.82, 2.24) is 5.32 Å². The highest BCUT2D eigenvalue weighted by molar-refractivity contribution is 5.45. The first-order valence-corrected chi connectivity index (χ1v) is 7.31. The van der Waals surface area contributed by atoms with Gasteiger partial charge in [0.15, 0.2) is 0 Å². The topological polar surface area (TPSA) is 33.3 Å². The van der Waals surface area contributed by atoms with E-state index in [1.54, 1.807) is 0 Å². The maximum atomic E-state index is 12.0. The highest BCUT2D eigenvalue weighted by atomic mass is 19.4. The van der Waals surface area contributed by atoms with Crippen LogP contribution in [0, 0.1) is 0 Å². The summed E-state index contributed by atoms with van der Waals surface area (Å²) in [5.41, 5.74) is 1.97. The third-order valence-corrected chi connectivity index (χ3v) is 4.03. The molecule has 0 saturated carbocycles. The van der Waals surface area contributed by atoms with Crippen molar-refractivity contribution in [2.24, 2.45) is 0 Å². The number of alkyl halides is 3. The summed E-state index contributed by atoms with van der Waals surface area (Å²) in [4.78, 5) is 0. The molecule has 3 atom stereocenters. The predicted octanol–water partition coefficient (Wildman–Crippen LogP) is 3.24. The molecule has 2 saturated heterocycles. The molecule has 3 rings (SSSR count). The molecule has 6 heteroatoms. The summed E-state index contributed by atoms with van der Waals surface area (Å²) in [5.74, 6) is 0. The average molecular weight is 300 g/mol. The van der Waals surface area contributed by atoms with Crippen LogP contribution in [0.15, 0.2) is 24.3 Å². The Balaban J connectivity index is 1.48. The van der Waals surface area contributed by atoms with E-state index < -0.39 is 12.6 Å². The molecule has 2 aliphatic rings. The van der Waals surface area contributed by atoms with Gasteiger partial charge in [0.05, 0.1) is 12.2 Å². The maximum absolute atomic E-state index is 12.0. The Bertz CT molecular complexity index is 475. The molecule has 2 fully saturated rings. The van der Waals surface area contributed by atoms with Gasteiger partial charge in [-0.25, -0.2) is 0 Å². The van der Waals surface area contributed by atoms with E-state index in [-0.39, 0.29) is 12.5 Å². The van der Waals surface area contributed by atoms with E-state index in [1.165, 1.54) is 0 Å². The Kier molecular flexibility index (Phi) is 4.08. The molecule has 0 radical (unpaired) electrons. The van der Waals surface area contributed by atoms with E-state index in [4.69, 9.17) is 4.74 Å². The third-order valence-electron chi connectivity index (χ3n) is 4.03. The van der Waals surface area contributed by atoms with Gasteiger partial charge < -0.3 is 15.4 Å². The van der Waals surface area contributed by atoms with Crippen LogP contribution in [-0.2, 0) is 4.74 Å². The fraction of sp³-hybridized carbons (Fsp3) is 0.600. The molecule has 0 aromatic heterocycles. The lowest BCUT2D eigenvalue weighted by molar-refractivity contribution is -0.134. The zero-order valence-electron chi connectivity index (χ0n) is 11.6. The summed E-state index contributed by atoms with van der Waals surface area (Å²) >= 11 is 0. The van der Waals surface area contributed by atoms with Crippen LogP contribution >= 0.6 is 0 Å². The first-order chi connectivity index (χ1) is 10.0. The number of hydrogen-bond acceptors (Lipinski definition) is 3. The average Bonchev–Trinajstić information content (AvgIpc) is 3.06. The van der Waals surface area contributed by atoms with Crippen LogP contribution in [0.3, 0.4) is 0 Å². The SMILES string of the molecule is FC(F)(F)CCCNc1ccc([C@H]2O[C@@H]3CN[C@H]2C3)cc1. The largest absolute Gasteiger partial charge is 0.389 e. The summed E-state index contributed by atoms with van der Waals surface area (Å²) in [7, 11) is 0. The lowest BCUT2D eigenvalue weighted by atomic mass is 10.0. The van der Waals surface area contributed by atoms with Crippen LogP contribution in [0.1, 0.15) is 30.9 Å². The van der Waals surface area contributed by atoms with Gasteiger partial charge in [0.25, 0.3) is 0 Å². The lowest BCUT2D eigenvalue weighted by Crippen LogP contribution is -2.33. The molecule has 1 aromatic carbocycles. The van der Waals surface area contributed by atoms with Gasteiger partial charge in [-0.1, -0.05) is 12.1 Å². The van der Waals surface area contributed by atoms with Gasteiger partial charge in [-0.2, -0.15) is 13.2 Å². The molecule has 0 aliphatic carbocycles. The Labute approximate surface area is 121 Å². The van der Waals surface area contributed by atoms with Gasteiger partial charge in [0.1, 0.15) is 0 Å². The normalized spacial score (nSPS) is 28.0. The van der Waals surface area contributed by atoms with Gasteiger partial charge in [0.2, 0.25) is 0 Å². The van der Waals surface area contributed by atoms with Crippen molar-refractivity contribution >= 4 is 5.69 Å². The number of fused-ring (bicyclic) bond motifs is 2. The fourth-order valence-electron chi connectivity index (χ4n) is 2.99. The third kappa shape index (κ3) is 3.68. The van der Waals surface area contributed by atoms with Crippen LogP contribution in [0.2, 0.25) is 0 Å². The predicted molar refractivity (Wildman–Crippen MR) is 74.2 cm³/mol. The van der Waals surface area contributed by atoms with Crippen molar-refractivity contribution in [1.29, 1.82) is 0 Å². The second kappa shape index (κ2) is 5.85. The highest BCUT2D eigenvalue weighted by Crippen LogP contribution is 2.37. The number of benzene rings is 1. The zero-order valence-corrected chi connectivity index (χ0v) is 11.6. The van der Waals surface area contributed by atoms with E-state index in [2.05, 4.69) is 10.6 Å². The zero-order chi connectivity index (χ0) is 14.9. The summed E-state index contributed by atoms with van der Waals surface area (Å²) in [6, 6.07) is 8.16. The molecule has 2 aliphatic heterocycles. The van der Waals surface area contributed by atoms with Gasteiger partial charge in [-0.05, 0) is 30.5 Å². The summed E-state index contributed by atoms with van der Waals surface area (Å²) < 4.78 is 42.0. The van der Waals surface area contributed by atoms with Crippen molar-refractivity contribution in [2.45, 2.75) is 43.7 Å². The molecular formula is C15H19F3N2O. The molecule has 2 heterocycles. The number of ether oxygens (including phenoxy) is 1. The number of anilines is 1. The number of nitrogens with one attached hydrogen (secondary N) is 2. The Morgan fingerprint density at radius 3 is 2.57 bits per heavy atom. The van der Waals surface area contributed by atoms with E-state index in [1.807, 2.05) is 24.3 Å². The molecule has 2 N–H and O–H groups in total. The van der Waals surface area contributed by atoms with Crippen molar-refractivity contribution < 1.29 is 17.9 Å². The maximum Gasteiger partial charge on any atom is 0.389 e. The Morgan fingerprint density at radius 1 is 1.24 bits per heavy atom. The molecule has 2 bridgehead atoms. The van der Waals surface area contributed by atoms with Crippen LogP contribution in [0.5, 0.6) is 0 Å². The monoisotopic (exact) mass is 300 g/mol. The van der Waals surface area contributed by atoms with Crippen molar-refractivity contribution in [3.8, 4) is 0 Å². The molecule has 0 unspecified atom stereocenters. The molecule has 3 nitrogen and oxygen atoms in total. The van der Waals surface area contributed by atoms with Gasteiger partial charge >= 0.3 is 6.18 Å². The molecule has 0 amide bonds. The van der Waals surface area contributed by atoms with Crippen LogP contribution < -0.4 is 10.6 Å². The molecule has 1 aromatic rings. The second-order valence-corrected chi connectivity index (χ2v) is 5.70. The van der Waals surface area contributed by atoms with Crippen molar-refractivity contribution in [3.05, 3.63) is 29.8 Å². The summed E-state index contributed by atoms with van der Waals surface area (Å²) in [6.07, 6.45) is -3.25. The Hall–Kier alpha value is -1.27. The summed E-state index contributed by atoms with van der Waals surface area (Å²) in [5, 5.41) is 6.44. The standard InChI is InChI=1S/C15H19F3N2O/c16-15(17,18)6-1-7-19-11-4-2-10(3-5-11)14-13-8-12(21-14)9-20-13/h2-5,12-14,19-20H,1,6-9H2/t12-,13-,14+/m0/s1.